The molecule has 4 nitrogen and oxygen atoms in total. The molecule has 1 saturated carbocycles. The maximum atomic E-state index is 11.4. The molecule has 106 valence electrons. The topological polar surface area (TPSA) is 81.1 Å². The summed E-state index contributed by atoms with van der Waals surface area (Å²) in [4.78, 5) is 12.8. The van der Waals surface area contributed by atoms with Gasteiger partial charge in [-0.1, -0.05) is 6.92 Å². The van der Waals surface area contributed by atoms with E-state index in [-0.39, 0.29) is 0 Å². The number of carbonyl (C=O) groups excluding carboxylic acids is 1. The summed E-state index contributed by atoms with van der Waals surface area (Å²) in [5, 5.41) is 4.55. The summed E-state index contributed by atoms with van der Waals surface area (Å²) in [6.45, 7) is 2.30. The van der Waals surface area contributed by atoms with Crippen LogP contribution in [0.1, 0.15) is 42.3 Å². The van der Waals surface area contributed by atoms with Crippen molar-refractivity contribution in [2.24, 2.45) is 11.7 Å². The number of hydrogen-bond donors (Lipinski definition) is 3. The quantitative estimate of drug-likeness (QED) is 0.746. The van der Waals surface area contributed by atoms with E-state index in [1.54, 1.807) is 11.8 Å². The fourth-order valence-electron chi connectivity index (χ4n) is 2.50. The fourth-order valence-corrected chi connectivity index (χ4v) is 4.45. The molecule has 6 heteroatoms. The molecular formula is C13H21N3OS2. The van der Waals surface area contributed by atoms with Gasteiger partial charge in [-0.25, -0.2) is 0 Å². The number of primary amides is 1. The van der Waals surface area contributed by atoms with E-state index in [4.69, 9.17) is 11.5 Å². The standard InChI is InChI=1S/C13H21N3OS2/c1-7-3-5-8(6-4-7)16-13-11(18-2)9(14)10(19-13)12(15)17/h7-8,16H,3-6,14H2,1-2H3,(H2,15,17). The molecule has 0 saturated heterocycles. The van der Waals surface area contributed by atoms with Gasteiger partial charge in [-0.15, -0.1) is 23.1 Å². The third kappa shape index (κ3) is 3.17. The largest absolute Gasteiger partial charge is 0.396 e. The number of carbonyl (C=O) groups is 1. The van der Waals surface area contributed by atoms with Crippen LogP contribution < -0.4 is 16.8 Å². The first-order valence-electron chi connectivity index (χ1n) is 6.55. The van der Waals surface area contributed by atoms with Gasteiger partial charge in [0.05, 0.1) is 10.6 Å². The van der Waals surface area contributed by atoms with Gasteiger partial charge in [0.15, 0.2) is 0 Å². The number of thioether (sulfide) groups is 1. The van der Waals surface area contributed by atoms with Gasteiger partial charge in [0, 0.05) is 6.04 Å². The predicted octanol–water partition coefficient (Wildman–Crippen LogP) is 3.14. The highest BCUT2D eigenvalue weighted by Gasteiger charge is 2.23. The number of anilines is 2. The first kappa shape index (κ1) is 14.5. The minimum absolute atomic E-state index is 0.442. The molecule has 1 aliphatic carbocycles. The zero-order valence-electron chi connectivity index (χ0n) is 11.4. The lowest BCUT2D eigenvalue weighted by atomic mass is 9.87. The first-order valence-corrected chi connectivity index (χ1v) is 8.59. The third-order valence-corrected chi connectivity index (χ3v) is 5.79. The molecule has 1 amide bonds. The van der Waals surface area contributed by atoms with E-state index in [2.05, 4.69) is 12.2 Å². The summed E-state index contributed by atoms with van der Waals surface area (Å²) in [7, 11) is 0. The van der Waals surface area contributed by atoms with E-state index in [9.17, 15) is 4.79 Å². The van der Waals surface area contributed by atoms with Crippen molar-refractivity contribution in [3.8, 4) is 0 Å². The van der Waals surface area contributed by atoms with Crippen LogP contribution in [0.25, 0.3) is 0 Å². The molecule has 1 fully saturated rings. The Labute approximate surface area is 122 Å². The Morgan fingerprint density at radius 3 is 2.53 bits per heavy atom. The second-order valence-corrected chi connectivity index (χ2v) is 7.01. The number of nitrogens with two attached hydrogens (primary N) is 2. The minimum Gasteiger partial charge on any atom is -0.396 e. The summed E-state index contributed by atoms with van der Waals surface area (Å²) >= 11 is 2.95. The average Bonchev–Trinajstić information content (AvgIpc) is 2.68. The van der Waals surface area contributed by atoms with Crippen LogP contribution in [0, 0.1) is 5.92 Å². The Bertz CT molecular complexity index is 465. The van der Waals surface area contributed by atoms with Gasteiger partial charge in [-0.2, -0.15) is 0 Å². The highest BCUT2D eigenvalue weighted by Crippen LogP contribution is 2.42. The van der Waals surface area contributed by atoms with Crippen LogP contribution in [-0.2, 0) is 0 Å². The highest BCUT2D eigenvalue weighted by molar-refractivity contribution is 7.99. The minimum atomic E-state index is -0.442. The molecule has 1 aromatic rings. The lowest BCUT2D eigenvalue weighted by Gasteiger charge is -2.27. The number of amides is 1. The number of hydrogen-bond acceptors (Lipinski definition) is 5. The molecule has 2 rings (SSSR count). The van der Waals surface area contributed by atoms with E-state index in [1.165, 1.54) is 37.0 Å². The Kier molecular flexibility index (Phi) is 4.62. The van der Waals surface area contributed by atoms with Crippen LogP contribution in [0.3, 0.4) is 0 Å². The van der Waals surface area contributed by atoms with E-state index < -0.39 is 5.91 Å². The van der Waals surface area contributed by atoms with Gasteiger partial charge < -0.3 is 16.8 Å². The average molecular weight is 299 g/mol. The van der Waals surface area contributed by atoms with Crippen LogP contribution in [-0.4, -0.2) is 18.2 Å². The van der Waals surface area contributed by atoms with E-state index in [0.717, 1.165) is 15.8 Å². The van der Waals surface area contributed by atoms with Gasteiger partial charge in [-0.3, -0.25) is 4.79 Å². The Balaban J connectivity index is 2.15. The van der Waals surface area contributed by atoms with Crippen molar-refractivity contribution in [1.29, 1.82) is 0 Å². The molecule has 0 aliphatic heterocycles. The van der Waals surface area contributed by atoms with Crippen molar-refractivity contribution in [3.63, 3.8) is 0 Å². The molecule has 0 atom stereocenters. The normalized spacial score (nSPS) is 23.3. The number of thiophene rings is 1. The zero-order chi connectivity index (χ0) is 14.0. The molecule has 1 heterocycles. The van der Waals surface area contributed by atoms with E-state index in [0.29, 0.717) is 16.6 Å². The number of rotatable bonds is 4. The summed E-state index contributed by atoms with van der Waals surface area (Å²) in [6, 6.07) is 0.487. The molecule has 0 aromatic carbocycles. The maximum absolute atomic E-state index is 11.4. The molecular weight excluding hydrogens is 278 g/mol. The van der Waals surface area contributed by atoms with Crippen LogP contribution >= 0.6 is 23.1 Å². The van der Waals surface area contributed by atoms with Gasteiger partial charge >= 0.3 is 0 Å². The van der Waals surface area contributed by atoms with Crippen LogP contribution in [0.2, 0.25) is 0 Å². The summed E-state index contributed by atoms with van der Waals surface area (Å²) in [5.74, 6) is 0.385. The molecule has 5 N–H and O–H groups in total. The van der Waals surface area contributed by atoms with Crippen molar-refractivity contribution >= 4 is 39.7 Å². The van der Waals surface area contributed by atoms with Crippen molar-refractivity contribution in [3.05, 3.63) is 4.88 Å². The molecule has 19 heavy (non-hydrogen) atoms. The summed E-state index contributed by atoms with van der Waals surface area (Å²) in [6.07, 6.45) is 6.85. The second-order valence-electron chi connectivity index (χ2n) is 5.17. The summed E-state index contributed by atoms with van der Waals surface area (Å²) in [5.41, 5.74) is 11.9. The predicted molar refractivity (Wildman–Crippen MR) is 84.1 cm³/mol. The first-order chi connectivity index (χ1) is 9.02. The Hall–Kier alpha value is -0.880. The van der Waals surface area contributed by atoms with Gasteiger partial charge in [0.1, 0.15) is 9.88 Å². The van der Waals surface area contributed by atoms with Crippen LogP contribution in [0.5, 0.6) is 0 Å². The second kappa shape index (κ2) is 6.05. The Morgan fingerprint density at radius 2 is 2.00 bits per heavy atom. The van der Waals surface area contributed by atoms with Gasteiger partial charge in [-0.05, 0) is 37.9 Å². The van der Waals surface area contributed by atoms with Gasteiger partial charge in [0.25, 0.3) is 5.91 Å². The van der Waals surface area contributed by atoms with Crippen LogP contribution in [0.15, 0.2) is 4.90 Å². The zero-order valence-corrected chi connectivity index (χ0v) is 13.0. The van der Waals surface area contributed by atoms with E-state index in [1.807, 2.05) is 6.26 Å². The number of nitrogens with one attached hydrogen (secondary N) is 1. The van der Waals surface area contributed by atoms with Crippen molar-refractivity contribution in [2.75, 3.05) is 17.3 Å². The smallest absolute Gasteiger partial charge is 0.261 e. The lowest BCUT2D eigenvalue weighted by Crippen LogP contribution is -2.24. The maximum Gasteiger partial charge on any atom is 0.261 e. The lowest BCUT2D eigenvalue weighted by molar-refractivity contribution is 0.100. The SMILES string of the molecule is CSc1c(NC2CCC(C)CC2)sc(C(N)=O)c1N. The third-order valence-electron chi connectivity index (χ3n) is 3.68. The monoisotopic (exact) mass is 299 g/mol. The molecule has 0 spiro atoms. The molecule has 1 aliphatic rings. The molecule has 0 bridgehead atoms. The summed E-state index contributed by atoms with van der Waals surface area (Å²) < 4.78 is 0. The van der Waals surface area contributed by atoms with Crippen LogP contribution in [0.4, 0.5) is 10.7 Å². The highest BCUT2D eigenvalue weighted by atomic mass is 32.2. The fraction of sp³-hybridized carbons (Fsp3) is 0.615. The van der Waals surface area contributed by atoms with Crippen molar-refractivity contribution in [1.82, 2.24) is 0 Å². The van der Waals surface area contributed by atoms with Gasteiger partial charge in [0.2, 0.25) is 0 Å². The van der Waals surface area contributed by atoms with Crippen molar-refractivity contribution < 1.29 is 4.79 Å². The molecule has 0 radical (unpaired) electrons. The molecule has 1 aromatic heterocycles. The number of nitrogen functional groups attached to an aromatic ring is 1. The van der Waals surface area contributed by atoms with Crippen molar-refractivity contribution in [2.45, 2.75) is 43.5 Å². The molecule has 0 unspecified atom stereocenters. The Morgan fingerprint density at radius 1 is 1.37 bits per heavy atom. The van der Waals surface area contributed by atoms with E-state index >= 15 is 0 Å².